The standard InChI is InChI=1S/C14H23N3O3/c1-4-6-15-12-7-13(9-14(8-12)17(18)19)16-11(3)10-20-5-2/h7-9,11,15-16H,4-6,10H2,1-3H3. The lowest BCUT2D eigenvalue weighted by molar-refractivity contribution is -0.384. The van der Waals surface area contributed by atoms with E-state index in [-0.39, 0.29) is 16.7 Å². The van der Waals surface area contributed by atoms with Crippen LogP contribution in [0.15, 0.2) is 18.2 Å². The summed E-state index contributed by atoms with van der Waals surface area (Å²) in [5, 5.41) is 17.4. The first kappa shape index (κ1) is 16.2. The molecule has 1 rings (SSSR count). The second kappa shape index (κ2) is 8.37. The molecule has 0 saturated heterocycles. The summed E-state index contributed by atoms with van der Waals surface area (Å²) in [4.78, 5) is 10.6. The van der Waals surface area contributed by atoms with Crippen LogP contribution in [0.1, 0.15) is 27.2 Å². The molecular weight excluding hydrogens is 258 g/mol. The van der Waals surface area contributed by atoms with Gasteiger partial charge in [0, 0.05) is 42.7 Å². The van der Waals surface area contributed by atoms with E-state index in [0.717, 1.165) is 24.3 Å². The Bertz CT molecular complexity index is 438. The molecule has 0 aliphatic heterocycles. The summed E-state index contributed by atoms with van der Waals surface area (Å²) in [6.07, 6.45) is 0.964. The number of hydrogen-bond donors (Lipinski definition) is 2. The number of ether oxygens (including phenoxy) is 1. The van der Waals surface area contributed by atoms with Crippen molar-refractivity contribution in [2.45, 2.75) is 33.2 Å². The summed E-state index contributed by atoms with van der Waals surface area (Å²) < 4.78 is 5.33. The Morgan fingerprint density at radius 3 is 2.60 bits per heavy atom. The molecule has 0 saturated carbocycles. The summed E-state index contributed by atoms with van der Waals surface area (Å²) in [5.41, 5.74) is 1.56. The molecule has 1 aromatic carbocycles. The third-order valence-electron chi connectivity index (χ3n) is 2.69. The molecule has 0 aliphatic carbocycles. The van der Waals surface area contributed by atoms with Crippen LogP contribution in [-0.2, 0) is 4.74 Å². The lowest BCUT2D eigenvalue weighted by Crippen LogP contribution is -2.21. The largest absolute Gasteiger partial charge is 0.385 e. The Hall–Kier alpha value is -1.82. The molecule has 2 N–H and O–H groups in total. The zero-order valence-corrected chi connectivity index (χ0v) is 12.3. The van der Waals surface area contributed by atoms with Gasteiger partial charge >= 0.3 is 0 Å². The normalized spacial score (nSPS) is 11.9. The average molecular weight is 281 g/mol. The van der Waals surface area contributed by atoms with Crippen molar-refractivity contribution >= 4 is 17.1 Å². The summed E-state index contributed by atoms with van der Waals surface area (Å²) in [6.45, 7) is 7.98. The highest BCUT2D eigenvalue weighted by atomic mass is 16.6. The van der Waals surface area contributed by atoms with E-state index < -0.39 is 0 Å². The molecule has 6 nitrogen and oxygen atoms in total. The van der Waals surface area contributed by atoms with E-state index >= 15 is 0 Å². The summed E-state index contributed by atoms with van der Waals surface area (Å²) >= 11 is 0. The van der Waals surface area contributed by atoms with E-state index in [9.17, 15) is 10.1 Å². The molecular formula is C14H23N3O3. The molecule has 1 unspecified atom stereocenters. The van der Waals surface area contributed by atoms with Crippen molar-refractivity contribution in [2.75, 3.05) is 30.4 Å². The van der Waals surface area contributed by atoms with Gasteiger partial charge < -0.3 is 15.4 Å². The summed E-state index contributed by atoms with van der Waals surface area (Å²) in [5.74, 6) is 0. The van der Waals surface area contributed by atoms with Gasteiger partial charge in [-0.15, -0.1) is 0 Å². The van der Waals surface area contributed by atoms with Gasteiger partial charge in [-0.25, -0.2) is 0 Å². The second-order valence-electron chi connectivity index (χ2n) is 4.66. The summed E-state index contributed by atoms with van der Waals surface area (Å²) in [6, 6.07) is 5.06. The Morgan fingerprint density at radius 2 is 2.00 bits per heavy atom. The Kier molecular flexibility index (Phi) is 6.79. The van der Waals surface area contributed by atoms with Crippen molar-refractivity contribution < 1.29 is 9.66 Å². The minimum atomic E-state index is -0.379. The van der Waals surface area contributed by atoms with Crippen LogP contribution >= 0.6 is 0 Å². The van der Waals surface area contributed by atoms with E-state index in [1.54, 1.807) is 12.1 Å². The summed E-state index contributed by atoms with van der Waals surface area (Å²) in [7, 11) is 0. The molecule has 0 fully saturated rings. The van der Waals surface area contributed by atoms with Gasteiger partial charge in [-0.3, -0.25) is 10.1 Å². The zero-order chi connectivity index (χ0) is 15.0. The molecule has 20 heavy (non-hydrogen) atoms. The quantitative estimate of drug-likeness (QED) is 0.536. The number of benzene rings is 1. The van der Waals surface area contributed by atoms with E-state index in [1.165, 1.54) is 0 Å². The maximum atomic E-state index is 11.0. The third kappa shape index (κ3) is 5.44. The van der Waals surface area contributed by atoms with Crippen LogP contribution in [0, 0.1) is 10.1 Å². The number of anilines is 2. The lowest BCUT2D eigenvalue weighted by Gasteiger charge is -2.16. The molecule has 0 spiro atoms. The molecule has 0 aromatic heterocycles. The molecule has 0 amide bonds. The fraction of sp³-hybridized carbons (Fsp3) is 0.571. The molecule has 0 heterocycles. The smallest absolute Gasteiger partial charge is 0.273 e. The van der Waals surface area contributed by atoms with Crippen LogP contribution in [0.2, 0.25) is 0 Å². The van der Waals surface area contributed by atoms with Crippen LogP contribution in [-0.4, -0.2) is 30.7 Å². The third-order valence-corrected chi connectivity index (χ3v) is 2.69. The minimum Gasteiger partial charge on any atom is -0.385 e. The molecule has 0 bridgehead atoms. The highest BCUT2D eigenvalue weighted by Gasteiger charge is 2.11. The van der Waals surface area contributed by atoms with Crippen molar-refractivity contribution in [2.24, 2.45) is 0 Å². The maximum absolute atomic E-state index is 11.0. The van der Waals surface area contributed by atoms with Crippen molar-refractivity contribution in [3.63, 3.8) is 0 Å². The molecule has 0 aliphatic rings. The molecule has 112 valence electrons. The number of rotatable bonds is 9. The number of hydrogen-bond acceptors (Lipinski definition) is 5. The predicted molar refractivity (Wildman–Crippen MR) is 81.5 cm³/mol. The monoisotopic (exact) mass is 281 g/mol. The first-order valence-corrected chi connectivity index (χ1v) is 6.94. The molecule has 0 radical (unpaired) electrons. The van der Waals surface area contributed by atoms with Gasteiger partial charge in [0.15, 0.2) is 0 Å². The van der Waals surface area contributed by atoms with Gasteiger partial charge in [-0.1, -0.05) is 6.92 Å². The maximum Gasteiger partial charge on any atom is 0.273 e. The Morgan fingerprint density at radius 1 is 1.30 bits per heavy atom. The van der Waals surface area contributed by atoms with Crippen LogP contribution < -0.4 is 10.6 Å². The minimum absolute atomic E-state index is 0.0808. The molecule has 6 heteroatoms. The fourth-order valence-electron chi connectivity index (χ4n) is 1.79. The highest BCUT2D eigenvalue weighted by Crippen LogP contribution is 2.24. The van der Waals surface area contributed by atoms with Gasteiger partial charge in [0.25, 0.3) is 5.69 Å². The SMILES string of the molecule is CCCNc1cc(NC(C)COCC)cc([N+](=O)[O-])c1. The second-order valence-corrected chi connectivity index (χ2v) is 4.66. The predicted octanol–water partition coefficient (Wildman–Crippen LogP) is 3.25. The molecule has 1 aromatic rings. The topological polar surface area (TPSA) is 76.4 Å². The van der Waals surface area contributed by atoms with Gasteiger partial charge in [0.2, 0.25) is 0 Å². The van der Waals surface area contributed by atoms with E-state index in [2.05, 4.69) is 10.6 Å². The Labute approximate surface area is 119 Å². The van der Waals surface area contributed by atoms with E-state index in [0.29, 0.717) is 13.2 Å². The van der Waals surface area contributed by atoms with Crippen LogP contribution in [0.25, 0.3) is 0 Å². The van der Waals surface area contributed by atoms with Crippen molar-refractivity contribution in [3.05, 3.63) is 28.3 Å². The van der Waals surface area contributed by atoms with E-state index in [4.69, 9.17) is 4.74 Å². The first-order chi connectivity index (χ1) is 9.56. The zero-order valence-electron chi connectivity index (χ0n) is 12.3. The van der Waals surface area contributed by atoms with Gasteiger partial charge in [-0.05, 0) is 26.3 Å². The fourth-order valence-corrected chi connectivity index (χ4v) is 1.79. The van der Waals surface area contributed by atoms with Crippen LogP contribution in [0.4, 0.5) is 17.1 Å². The lowest BCUT2D eigenvalue weighted by atomic mass is 10.2. The van der Waals surface area contributed by atoms with Crippen molar-refractivity contribution in [1.29, 1.82) is 0 Å². The molecule has 1 atom stereocenters. The average Bonchev–Trinajstić information content (AvgIpc) is 2.42. The highest BCUT2D eigenvalue weighted by molar-refractivity contribution is 5.63. The number of nitrogens with one attached hydrogen (secondary N) is 2. The van der Waals surface area contributed by atoms with Crippen molar-refractivity contribution in [3.8, 4) is 0 Å². The first-order valence-electron chi connectivity index (χ1n) is 6.94. The number of nitro groups is 1. The van der Waals surface area contributed by atoms with Gasteiger partial charge in [-0.2, -0.15) is 0 Å². The van der Waals surface area contributed by atoms with Crippen LogP contribution in [0.5, 0.6) is 0 Å². The number of nitrogens with zero attached hydrogens (tertiary/aromatic N) is 1. The van der Waals surface area contributed by atoms with Gasteiger partial charge in [0.1, 0.15) is 0 Å². The number of non-ortho nitro benzene ring substituents is 1. The van der Waals surface area contributed by atoms with Crippen LogP contribution in [0.3, 0.4) is 0 Å². The van der Waals surface area contributed by atoms with Gasteiger partial charge in [0.05, 0.1) is 11.5 Å². The number of nitro benzene ring substituents is 1. The van der Waals surface area contributed by atoms with E-state index in [1.807, 2.05) is 26.8 Å². The Balaban J connectivity index is 2.82. The van der Waals surface area contributed by atoms with Crippen molar-refractivity contribution in [1.82, 2.24) is 0 Å².